The van der Waals surface area contributed by atoms with Gasteiger partial charge in [-0.2, -0.15) is 0 Å². The molecule has 7 nitrogen and oxygen atoms in total. The number of aromatic nitrogens is 2. The van der Waals surface area contributed by atoms with Gasteiger partial charge in [0.05, 0.1) is 11.7 Å². The summed E-state index contributed by atoms with van der Waals surface area (Å²) in [7, 11) is 0. The topological polar surface area (TPSA) is 105 Å². The van der Waals surface area contributed by atoms with E-state index in [1.807, 2.05) is 0 Å². The lowest BCUT2D eigenvalue weighted by molar-refractivity contribution is 0.0690. The van der Waals surface area contributed by atoms with E-state index in [0.717, 1.165) is 0 Å². The molecule has 0 aromatic carbocycles. The minimum Gasteiger partial charge on any atom is -0.477 e. The number of aryl methyl sites for hydroxylation is 1. The van der Waals surface area contributed by atoms with Crippen molar-refractivity contribution in [2.24, 2.45) is 0 Å². The standard InChI is InChI=1S/C13H13N3O4/c1-7-10(13(18)19)11(20-16-7)8(2)15-12(17)9-5-3-4-6-14-9/h3-6,8H,1-2H3,(H,15,17)(H,18,19). The average molecular weight is 275 g/mol. The molecular weight excluding hydrogens is 262 g/mol. The third-order valence-corrected chi connectivity index (χ3v) is 2.74. The Morgan fingerprint density at radius 2 is 2.15 bits per heavy atom. The highest BCUT2D eigenvalue weighted by Crippen LogP contribution is 2.21. The van der Waals surface area contributed by atoms with Crippen LogP contribution in [0.1, 0.15) is 45.3 Å². The molecule has 7 heteroatoms. The summed E-state index contributed by atoms with van der Waals surface area (Å²) >= 11 is 0. The molecule has 2 heterocycles. The van der Waals surface area contributed by atoms with Gasteiger partial charge in [0.2, 0.25) is 0 Å². The molecule has 2 N–H and O–H groups in total. The highest BCUT2D eigenvalue weighted by Gasteiger charge is 2.25. The smallest absolute Gasteiger partial charge is 0.341 e. The number of pyridine rings is 1. The molecule has 20 heavy (non-hydrogen) atoms. The highest BCUT2D eigenvalue weighted by molar-refractivity contribution is 5.93. The number of carbonyl (C=O) groups is 2. The Morgan fingerprint density at radius 1 is 1.40 bits per heavy atom. The van der Waals surface area contributed by atoms with Gasteiger partial charge in [-0.25, -0.2) is 4.79 Å². The van der Waals surface area contributed by atoms with Crippen molar-refractivity contribution in [2.75, 3.05) is 0 Å². The highest BCUT2D eigenvalue weighted by atomic mass is 16.5. The van der Waals surface area contributed by atoms with E-state index in [0.29, 0.717) is 0 Å². The van der Waals surface area contributed by atoms with E-state index in [1.54, 1.807) is 25.1 Å². The van der Waals surface area contributed by atoms with Crippen molar-refractivity contribution in [3.05, 3.63) is 47.1 Å². The summed E-state index contributed by atoms with van der Waals surface area (Å²) in [6.45, 7) is 3.15. The second-order valence-corrected chi connectivity index (χ2v) is 4.22. The third-order valence-electron chi connectivity index (χ3n) is 2.74. The Labute approximate surface area is 114 Å². The Morgan fingerprint density at radius 3 is 2.75 bits per heavy atom. The number of rotatable bonds is 4. The number of aromatic carboxylic acids is 1. The molecule has 0 saturated carbocycles. The number of carboxylic acids is 1. The summed E-state index contributed by atoms with van der Waals surface area (Å²) in [5, 5.41) is 15.3. The quantitative estimate of drug-likeness (QED) is 0.877. The molecule has 0 bridgehead atoms. The summed E-state index contributed by atoms with van der Waals surface area (Å²) in [4.78, 5) is 27.0. The van der Waals surface area contributed by atoms with Crippen LogP contribution >= 0.6 is 0 Å². The molecule has 0 spiro atoms. The molecule has 2 rings (SSSR count). The van der Waals surface area contributed by atoms with Crippen LogP contribution in [0.4, 0.5) is 0 Å². The largest absolute Gasteiger partial charge is 0.477 e. The maximum absolute atomic E-state index is 11.9. The molecule has 1 unspecified atom stereocenters. The van der Waals surface area contributed by atoms with Gasteiger partial charge in [-0.1, -0.05) is 11.2 Å². The minimum atomic E-state index is -1.14. The van der Waals surface area contributed by atoms with E-state index in [-0.39, 0.29) is 22.7 Å². The van der Waals surface area contributed by atoms with Crippen molar-refractivity contribution in [3.8, 4) is 0 Å². The maximum atomic E-state index is 11.9. The van der Waals surface area contributed by atoms with Gasteiger partial charge >= 0.3 is 5.97 Å². The second-order valence-electron chi connectivity index (χ2n) is 4.22. The van der Waals surface area contributed by atoms with Crippen molar-refractivity contribution >= 4 is 11.9 Å². The van der Waals surface area contributed by atoms with Gasteiger partial charge in [0.15, 0.2) is 5.76 Å². The second kappa shape index (κ2) is 5.52. The van der Waals surface area contributed by atoms with Crippen LogP contribution in [0.3, 0.4) is 0 Å². The third kappa shape index (κ3) is 2.66. The van der Waals surface area contributed by atoms with Crippen LogP contribution in [0.25, 0.3) is 0 Å². The summed E-state index contributed by atoms with van der Waals surface area (Å²) in [6, 6.07) is 4.32. The fraction of sp³-hybridized carbons (Fsp3) is 0.231. The molecule has 0 aliphatic heterocycles. The Bertz CT molecular complexity index is 636. The predicted molar refractivity (Wildman–Crippen MR) is 68.3 cm³/mol. The maximum Gasteiger partial charge on any atom is 0.341 e. The Balaban J connectivity index is 2.19. The lowest BCUT2D eigenvalue weighted by Gasteiger charge is -2.11. The summed E-state index contributed by atoms with van der Waals surface area (Å²) in [5.74, 6) is -1.44. The molecule has 0 saturated heterocycles. The molecular formula is C13H13N3O4. The monoisotopic (exact) mass is 275 g/mol. The molecule has 104 valence electrons. The zero-order chi connectivity index (χ0) is 14.7. The van der Waals surface area contributed by atoms with Crippen molar-refractivity contribution in [1.29, 1.82) is 0 Å². The molecule has 0 fully saturated rings. The van der Waals surface area contributed by atoms with Gasteiger partial charge < -0.3 is 14.9 Å². The average Bonchev–Trinajstić information content (AvgIpc) is 2.81. The molecule has 2 aromatic rings. The van der Waals surface area contributed by atoms with Gasteiger partial charge in [-0.3, -0.25) is 9.78 Å². The minimum absolute atomic E-state index is 0.0289. The number of hydrogen-bond donors (Lipinski definition) is 2. The van der Waals surface area contributed by atoms with Crippen LogP contribution in [0.5, 0.6) is 0 Å². The van der Waals surface area contributed by atoms with Crippen LogP contribution < -0.4 is 5.32 Å². The number of hydrogen-bond acceptors (Lipinski definition) is 5. The summed E-state index contributed by atoms with van der Waals surface area (Å²) in [5.41, 5.74) is 0.484. The van der Waals surface area contributed by atoms with E-state index in [1.165, 1.54) is 13.1 Å². The van der Waals surface area contributed by atoms with E-state index in [9.17, 15) is 9.59 Å². The predicted octanol–water partition coefficient (Wildman–Crippen LogP) is 1.57. The molecule has 0 radical (unpaired) electrons. The van der Waals surface area contributed by atoms with Crippen LogP contribution in [-0.2, 0) is 0 Å². The Hall–Kier alpha value is -2.70. The molecule has 0 aliphatic rings. The summed E-state index contributed by atoms with van der Waals surface area (Å²) < 4.78 is 4.99. The van der Waals surface area contributed by atoms with Gasteiger partial charge in [0.1, 0.15) is 11.3 Å². The summed E-state index contributed by atoms with van der Waals surface area (Å²) in [6.07, 6.45) is 1.50. The molecule has 0 aliphatic carbocycles. The van der Waals surface area contributed by atoms with Crippen molar-refractivity contribution in [2.45, 2.75) is 19.9 Å². The molecule has 1 amide bonds. The SMILES string of the molecule is Cc1noc(C(C)NC(=O)c2ccccn2)c1C(=O)O. The number of amides is 1. The van der Waals surface area contributed by atoms with E-state index in [4.69, 9.17) is 9.63 Å². The van der Waals surface area contributed by atoms with Crippen molar-refractivity contribution in [1.82, 2.24) is 15.5 Å². The Kier molecular flexibility index (Phi) is 3.79. The molecule has 1 atom stereocenters. The first kappa shape index (κ1) is 13.7. The lowest BCUT2D eigenvalue weighted by atomic mass is 10.1. The van der Waals surface area contributed by atoms with Crippen molar-refractivity contribution in [3.63, 3.8) is 0 Å². The first-order valence-electron chi connectivity index (χ1n) is 5.92. The number of nitrogens with one attached hydrogen (secondary N) is 1. The van der Waals surface area contributed by atoms with E-state index in [2.05, 4.69) is 15.5 Å². The first-order valence-corrected chi connectivity index (χ1v) is 5.92. The van der Waals surface area contributed by atoms with Crippen LogP contribution in [0.15, 0.2) is 28.9 Å². The van der Waals surface area contributed by atoms with E-state index >= 15 is 0 Å². The fourth-order valence-electron chi connectivity index (χ4n) is 1.78. The number of nitrogens with zero attached hydrogens (tertiary/aromatic N) is 2. The van der Waals surface area contributed by atoms with Gasteiger partial charge in [-0.15, -0.1) is 0 Å². The normalized spacial score (nSPS) is 11.9. The van der Waals surface area contributed by atoms with Gasteiger partial charge in [-0.05, 0) is 26.0 Å². The lowest BCUT2D eigenvalue weighted by Crippen LogP contribution is -2.28. The van der Waals surface area contributed by atoms with Crippen LogP contribution in [0.2, 0.25) is 0 Å². The van der Waals surface area contributed by atoms with Gasteiger partial charge in [0.25, 0.3) is 5.91 Å². The van der Waals surface area contributed by atoms with Crippen molar-refractivity contribution < 1.29 is 19.2 Å². The van der Waals surface area contributed by atoms with Crippen LogP contribution in [0, 0.1) is 6.92 Å². The van der Waals surface area contributed by atoms with Gasteiger partial charge in [0, 0.05) is 6.20 Å². The number of carboxylic acid groups (broad SMARTS) is 1. The fourth-order valence-corrected chi connectivity index (χ4v) is 1.78. The van der Waals surface area contributed by atoms with E-state index < -0.39 is 17.9 Å². The molecule has 2 aromatic heterocycles. The first-order chi connectivity index (χ1) is 9.50. The number of carbonyl (C=O) groups excluding carboxylic acids is 1. The zero-order valence-corrected chi connectivity index (χ0v) is 11.0. The zero-order valence-electron chi connectivity index (χ0n) is 11.0. The van der Waals surface area contributed by atoms with Crippen LogP contribution in [-0.4, -0.2) is 27.1 Å².